The van der Waals surface area contributed by atoms with Gasteiger partial charge in [-0.05, 0) is 47.2 Å². The van der Waals surface area contributed by atoms with Crippen LogP contribution >= 0.6 is 0 Å². The lowest BCUT2D eigenvalue weighted by molar-refractivity contribution is 0.189. The fraction of sp³-hybridized carbons (Fsp3) is 0.435. The average molecular weight is 399 g/mol. The largest absolute Gasteiger partial charge is 0.493 e. The number of nitrogens with zero attached hydrogens (tertiary/aromatic N) is 1. The molecule has 6 heteroatoms. The summed E-state index contributed by atoms with van der Waals surface area (Å²) in [6.45, 7) is 6.40. The van der Waals surface area contributed by atoms with Gasteiger partial charge >= 0.3 is 6.03 Å². The van der Waals surface area contributed by atoms with Crippen LogP contribution in [0.1, 0.15) is 36.5 Å². The molecule has 0 aromatic heterocycles. The summed E-state index contributed by atoms with van der Waals surface area (Å²) in [5.74, 6) is 2.68. The topological polar surface area (TPSA) is 60.0 Å². The van der Waals surface area contributed by atoms with Gasteiger partial charge in [0, 0.05) is 13.1 Å². The molecule has 0 radical (unpaired) electrons. The number of urea groups is 1. The highest BCUT2D eigenvalue weighted by Gasteiger charge is 2.22. The van der Waals surface area contributed by atoms with Gasteiger partial charge in [-0.2, -0.15) is 0 Å². The number of ether oxygens (including phenoxy) is 3. The SMILES string of the molecule is COc1cc2c(cc1OC)CN(C(=O)NCCOc1ccccc1C(C)C)CC2. The lowest BCUT2D eigenvalue weighted by Gasteiger charge is -2.29. The second-order valence-electron chi connectivity index (χ2n) is 7.42. The Morgan fingerprint density at radius 2 is 1.76 bits per heavy atom. The smallest absolute Gasteiger partial charge is 0.317 e. The number of para-hydroxylation sites is 1. The Bertz CT molecular complexity index is 851. The van der Waals surface area contributed by atoms with Gasteiger partial charge < -0.3 is 24.4 Å². The van der Waals surface area contributed by atoms with Crippen molar-refractivity contribution in [3.8, 4) is 17.2 Å². The van der Waals surface area contributed by atoms with Gasteiger partial charge in [0.25, 0.3) is 0 Å². The van der Waals surface area contributed by atoms with E-state index in [1.165, 1.54) is 11.1 Å². The van der Waals surface area contributed by atoms with Gasteiger partial charge in [0.05, 0.1) is 20.8 Å². The van der Waals surface area contributed by atoms with Crippen molar-refractivity contribution in [3.05, 3.63) is 53.1 Å². The maximum Gasteiger partial charge on any atom is 0.317 e. The van der Waals surface area contributed by atoms with Crippen LogP contribution in [-0.2, 0) is 13.0 Å². The summed E-state index contributed by atoms with van der Waals surface area (Å²) in [7, 11) is 3.25. The molecule has 1 aliphatic rings. The van der Waals surface area contributed by atoms with Gasteiger partial charge in [-0.15, -0.1) is 0 Å². The minimum Gasteiger partial charge on any atom is -0.493 e. The van der Waals surface area contributed by atoms with Gasteiger partial charge in [-0.3, -0.25) is 0 Å². The predicted molar refractivity (Wildman–Crippen MR) is 113 cm³/mol. The highest BCUT2D eigenvalue weighted by Crippen LogP contribution is 2.33. The lowest BCUT2D eigenvalue weighted by atomic mass is 9.99. The van der Waals surface area contributed by atoms with Gasteiger partial charge in [0.2, 0.25) is 0 Å². The van der Waals surface area contributed by atoms with Crippen LogP contribution < -0.4 is 19.5 Å². The van der Waals surface area contributed by atoms with Crippen LogP contribution in [0, 0.1) is 0 Å². The number of methoxy groups -OCH3 is 2. The van der Waals surface area contributed by atoms with E-state index in [4.69, 9.17) is 14.2 Å². The third-order valence-corrected chi connectivity index (χ3v) is 5.18. The van der Waals surface area contributed by atoms with E-state index in [0.717, 1.165) is 23.5 Å². The molecule has 2 amide bonds. The average Bonchev–Trinajstić information content (AvgIpc) is 2.75. The number of carbonyl (C=O) groups is 1. The van der Waals surface area contributed by atoms with Crippen LogP contribution in [0.15, 0.2) is 36.4 Å². The van der Waals surface area contributed by atoms with Gasteiger partial charge in [0.15, 0.2) is 11.5 Å². The fourth-order valence-corrected chi connectivity index (χ4v) is 3.58. The Hall–Kier alpha value is -2.89. The lowest BCUT2D eigenvalue weighted by Crippen LogP contribution is -2.43. The summed E-state index contributed by atoms with van der Waals surface area (Å²) in [4.78, 5) is 14.4. The predicted octanol–water partition coefficient (Wildman–Crippen LogP) is 3.97. The van der Waals surface area contributed by atoms with Crippen molar-refractivity contribution in [3.63, 3.8) is 0 Å². The number of fused-ring (bicyclic) bond motifs is 1. The van der Waals surface area contributed by atoms with E-state index in [0.29, 0.717) is 37.9 Å². The first kappa shape index (κ1) is 20.8. The Labute approximate surface area is 172 Å². The van der Waals surface area contributed by atoms with E-state index < -0.39 is 0 Å². The summed E-state index contributed by atoms with van der Waals surface area (Å²) >= 11 is 0. The minimum absolute atomic E-state index is 0.0776. The summed E-state index contributed by atoms with van der Waals surface area (Å²) in [5.41, 5.74) is 3.46. The van der Waals surface area contributed by atoms with Gasteiger partial charge in [-0.1, -0.05) is 32.0 Å². The molecule has 0 bridgehead atoms. The van der Waals surface area contributed by atoms with Gasteiger partial charge in [0.1, 0.15) is 12.4 Å². The normalized spacial score (nSPS) is 13.1. The van der Waals surface area contributed by atoms with Crippen molar-refractivity contribution in [1.82, 2.24) is 10.2 Å². The zero-order valence-electron chi connectivity index (χ0n) is 17.7. The van der Waals surface area contributed by atoms with Crippen LogP contribution in [0.4, 0.5) is 4.79 Å². The first-order valence-corrected chi connectivity index (χ1v) is 10.0. The summed E-state index contributed by atoms with van der Waals surface area (Å²) < 4.78 is 16.6. The monoisotopic (exact) mass is 398 g/mol. The van der Waals surface area contributed by atoms with E-state index >= 15 is 0 Å². The second-order valence-corrected chi connectivity index (χ2v) is 7.42. The Balaban J connectivity index is 1.52. The Morgan fingerprint density at radius 3 is 2.45 bits per heavy atom. The van der Waals surface area contributed by atoms with E-state index in [-0.39, 0.29) is 6.03 Å². The number of nitrogens with one attached hydrogen (secondary N) is 1. The van der Waals surface area contributed by atoms with Crippen molar-refractivity contribution in [1.29, 1.82) is 0 Å². The molecule has 1 heterocycles. The quantitative estimate of drug-likeness (QED) is 0.717. The number of rotatable bonds is 7. The van der Waals surface area contributed by atoms with E-state index in [9.17, 15) is 4.79 Å². The van der Waals surface area contributed by atoms with E-state index in [1.54, 1.807) is 14.2 Å². The first-order chi connectivity index (χ1) is 14.0. The first-order valence-electron chi connectivity index (χ1n) is 10.0. The molecule has 0 saturated carbocycles. The van der Waals surface area contributed by atoms with Crippen LogP contribution in [0.3, 0.4) is 0 Å². The molecule has 6 nitrogen and oxygen atoms in total. The summed E-state index contributed by atoms with van der Waals surface area (Å²) in [5, 5.41) is 2.96. The van der Waals surface area contributed by atoms with Crippen LogP contribution in [0.25, 0.3) is 0 Å². The molecule has 156 valence electrons. The van der Waals surface area contributed by atoms with Crippen molar-refractivity contribution in [2.45, 2.75) is 32.7 Å². The van der Waals surface area contributed by atoms with E-state index in [1.807, 2.05) is 35.2 Å². The number of carbonyl (C=O) groups excluding carboxylic acids is 1. The third-order valence-electron chi connectivity index (χ3n) is 5.18. The fourth-order valence-electron chi connectivity index (χ4n) is 3.58. The maximum absolute atomic E-state index is 12.6. The van der Waals surface area contributed by atoms with Crippen LogP contribution in [0.2, 0.25) is 0 Å². The molecule has 0 spiro atoms. The number of hydrogen-bond acceptors (Lipinski definition) is 4. The van der Waals surface area contributed by atoms with Crippen LogP contribution in [0.5, 0.6) is 17.2 Å². The van der Waals surface area contributed by atoms with Crippen molar-refractivity contribution in [2.24, 2.45) is 0 Å². The molecule has 29 heavy (non-hydrogen) atoms. The highest BCUT2D eigenvalue weighted by atomic mass is 16.5. The number of hydrogen-bond donors (Lipinski definition) is 1. The molecule has 2 aromatic carbocycles. The highest BCUT2D eigenvalue weighted by molar-refractivity contribution is 5.74. The van der Waals surface area contributed by atoms with Crippen molar-refractivity contribution >= 4 is 6.03 Å². The molecular weight excluding hydrogens is 368 g/mol. The Morgan fingerprint density at radius 1 is 1.07 bits per heavy atom. The van der Waals surface area contributed by atoms with E-state index in [2.05, 4.69) is 25.2 Å². The van der Waals surface area contributed by atoms with Crippen molar-refractivity contribution in [2.75, 3.05) is 33.9 Å². The summed E-state index contributed by atoms with van der Waals surface area (Å²) in [6, 6.07) is 11.9. The van der Waals surface area contributed by atoms with Crippen molar-refractivity contribution < 1.29 is 19.0 Å². The number of benzene rings is 2. The second kappa shape index (κ2) is 9.54. The zero-order valence-corrected chi connectivity index (χ0v) is 17.7. The van der Waals surface area contributed by atoms with Gasteiger partial charge in [-0.25, -0.2) is 4.79 Å². The molecule has 0 atom stereocenters. The van der Waals surface area contributed by atoms with Crippen LogP contribution in [-0.4, -0.2) is 44.8 Å². The summed E-state index contributed by atoms with van der Waals surface area (Å²) in [6.07, 6.45) is 0.793. The molecule has 0 fully saturated rings. The number of amides is 2. The Kier molecular flexibility index (Phi) is 6.86. The molecule has 3 rings (SSSR count). The molecule has 0 aliphatic carbocycles. The maximum atomic E-state index is 12.6. The standard InChI is InChI=1S/C23H30N2O4/c1-16(2)19-7-5-6-8-20(19)29-12-10-24-23(26)25-11-9-17-13-21(27-3)22(28-4)14-18(17)15-25/h5-8,13-14,16H,9-12,15H2,1-4H3,(H,24,26). The third kappa shape index (κ3) is 4.94. The molecule has 0 saturated heterocycles. The molecule has 1 N–H and O–H groups in total. The molecule has 1 aliphatic heterocycles. The molecule has 2 aromatic rings. The molecular formula is C23H30N2O4. The molecule has 0 unspecified atom stereocenters. The minimum atomic E-state index is -0.0776. The zero-order chi connectivity index (χ0) is 20.8.